The number of para-hydroxylation sites is 2. The molecule has 1 aromatic heterocycles. The third kappa shape index (κ3) is 5.10. The van der Waals surface area contributed by atoms with E-state index in [4.69, 9.17) is 10.5 Å². The van der Waals surface area contributed by atoms with E-state index < -0.39 is 0 Å². The molecule has 1 saturated heterocycles. The molecular formula is C20H28N6O. The molecule has 144 valence electrons. The van der Waals surface area contributed by atoms with Gasteiger partial charge in [-0.05, 0) is 30.3 Å². The Bertz CT molecular complexity index is 753. The summed E-state index contributed by atoms with van der Waals surface area (Å²) in [4.78, 5) is 13.8. The normalized spacial score (nSPS) is 15.6. The van der Waals surface area contributed by atoms with Gasteiger partial charge in [0.05, 0.1) is 19.3 Å². The van der Waals surface area contributed by atoms with E-state index in [0.717, 1.165) is 55.5 Å². The molecule has 27 heavy (non-hydrogen) atoms. The Balaban J connectivity index is 1.55. The fourth-order valence-corrected chi connectivity index (χ4v) is 3.09. The maximum Gasteiger partial charge on any atom is 0.193 e. The van der Waals surface area contributed by atoms with E-state index in [1.807, 2.05) is 30.5 Å². The molecule has 0 bridgehead atoms. The molecule has 0 spiro atoms. The third-order valence-corrected chi connectivity index (χ3v) is 4.75. The number of anilines is 2. The van der Waals surface area contributed by atoms with Crippen molar-refractivity contribution in [3.63, 3.8) is 0 Å². The highest BCUT2D eigenvalue weighted by molar-refractivity contribution is 5.93. The molecular weight excluding hydrogens is 340 g/mol. The highest BCUT2D eigenvalue weighted by atomic mass is 16.5. The first kappa shape index (κ1) is 19.0. The molecule has 0 saturated carbocycles. The van der Waals surface area contributed by atoms with Crippen LogP contribution in [0.4, 0.5) is 11.5 Å². The quantitative estimate of drug-likeness (QED) is 0.601. The predicted molar refractivity (Wildman–Crippen MR) is 111 cm³/mol. The van der Waals surface area contributed by atoms with Gasteiger partial charge in [0.15, 0.2) is 5.96 Å². The van der Waals surface area contributed by atoms with Crippen LogP contribution in [0.2, 0.25) is 0 Å². The SMILES string of the molecule is CCN1CCN(c2ccc(CN=C(N)Nc3ccccc3OC)cn2)CC1. The fraction of sp³-hybridized carbons (Fsp3) is 0.400. The summed E-state index contributed by atoms with van der Waals surface area (Å²) in [6, 6.07) is 11.7. The van der Waals surface area contributed by atoms with Gasteiger partial charge in [-0.15, -0.1) is 0 Å². The van der Waals surface area contributed by atoms with Crippen molar-refractivity contribution in [3.8, 4) is 5.75 Å². The van der Waals surface area contributed by atoms with Gasteiger partial charge in [-0.2, -0.15) is 0 Å². The number of methoxy groups -OCH3 is 1. The molecule has 0 radical (unpaired) electrons. The summed E-state index contributed by atoms with van der Waals surface area (Å²) in [6.07, 6.45) is 1.88. The van der Waals surface area contributed by atoms with Crippen molar-refractivity contribution in [2.24, 2.45) is 10.7 Å². The standard InChI is InChI=1S/C20H28N6O/c1-3-25-10-12-26(13-11-25)19-9-8-16(14-22-19)15-23-20(21)24-17-6-4-5-7-18(17)27-2/h4-9,14H,3,10-13,15H2,1-2H3,(H3,21,23,24). The number of rotatable bonds is 6. The van der Waals surface area contributed by atoms with E-state index in [9.17, 15) is 0 Å². The van der Waals surface area contributed by atoms with E-state index in [1.165, 1.54) is 0 Å². The lowest BCUT2D eigenvalue weighted by Gasteiger charge is -2.34. The number of aromatic nitrogens is 1. The second-order valence-electron chi connectivity index (χ2n) is 6.47. The van der Waals surface area contributed by atoms with Crippen molar-refractivity contribution >= 4 is 17.5 Å². The van der Waals surface area contributed by atoms with Crippen LogP contribution in [-0.2, 0) is 6.54 Å². The highest BCUT2D eigenvalue weighted by Gasteiger charge is 2.16. The lowest BCUT2D eigenvalue weighted by Crippen LogP contribution is -2.46. The number of nitrogens with zero attached hydrogens (tertiary/aromatic N) is 4. The van der Waals surface area contributed by atoms with Crippen LogP contribution in [0.1, 0.15) is 12.5 Å². The van der Waals surface area contributed by atoms with Gasteiger partial charge in [0.25, 0.3) is 0 Å². The zero-order chi connectivity index (χ0) is 19.1. The van der Waals surface area contributed by atoms with Crippen LogP contribution in [0.15, 0.2) is 47.6 Å². The lowest BCUT2D eigenvalue weighted by molar-refractivity contribution is 0.270. The number of aliphatic imine (C=N–C) groups is 1. The Hall–Kier alpha value is -2.80. The molecule has 0 aliphatic carbocycles. The van der Waals surface area contributed by atoms with Gasteiger partial charge >= 0.3 is 0 Å². The van der Waals surface area contributed by atoms with E-state index >= 15 is 0 Å². The van der Waals surface area contributed by atoms with Crippen LogP contribution in [0, 0.1) is 0 Å². The summed E-state index contributed by atoms with van der Waals surface area (Å²) in [6.45, 7) is 8.03. The second-order valence-corrected chi connectivity index (χ2v) is 6.47. The first-order valence-corrected chi connectivity index (χ1v) is 9.31. The van der Waals surface area contributed by atoms with Crippen molar-refractivity contribution in [3.05, 3.63) is 48.2 Å². The minimum absolute atomic E-state index is 0.347. The number of guanidine groups is 1. The summed E-state index contributed by atoms with van der Waals surface area (Å²) in [5.41, 5.74) is 7.82. The average molecular weight is 368 g/mol. The first-order chi connectivity index (χ1) is 13.2. The molecule has 0 unspecified atom stereocenters. The molecule has 0 amide bonds. The lowest BCUT2D eigenvalue weighted by atomic mass is 10.2. The molecule has 0 atom stereocenters. The Kier molecular flexibility index (Phi) is 6.49. The molecule has 3 N–H and O–H groups in total. The van der Waals surface area contributed by atoms with Gasteiger partial charge in [-0.3, -0.25) is 0 Å². The molecule has 2 aromatic rings. The maximum absolute atomic E-state index is 6.00. The number of hydrogen-bond acceptors (Lipinski definition) is 5. The van der Waals surface area contributed by atoms with Crippen molar-refractivity contribution < 1.29 is 4.74 Å². The van der Waals surface area contributed by atoms with Gasteiger partial charge < -0.3 is 25.6 Å². The number of hydrogen-bond donors (Lipinski definition) is 2. The molecule has 1 aliphatic heterocycles. The van der Waals surface area contributed by atoms with Crippen LogP contribution in [0.5, 0.6) is 5.75 Å². The Morgan fingerprint density at radius 1 is 1.19 bits per heavy atom. The number of nitrogens with two attached hydrogens (primary N) is 1. The number of nitrogens with one attached hydrogen (secondary N) is 1. The second kappa shape index (κ2) is 9.23. The van der Waals surface area contributed by atoms with Gasteiger partial charge in [0.2, 0.25) is 0 Å². The molecule has 7 nitrogen and oxygen atoms in total. The van der Waals surface area contributed by atoms with Crippen LogP contribution in [0.3, 0.4) is 0 Å². The maximum atomic E-state index is 6.00. The molecule has 1 aromatic carbocycles. The first-order valence-electron chi connectivity index (χ1n) is 9.31. The molecule has 1 fully saturated rings. The summed E-state index contributed by atoms with van der Waals surface area (Å²) in [7, 11) is 1.63. The predicted octanol–water partition coefficient (Wildman–Crippen LogP) is 2.16. The van der Waals surface area contributed by atoms with E-state index in [1.54, 1.807) is 7.11 Å². The van der Waals surface area contributed by atoms with E-state index in [-0.39, 0.29) is 0 Å². The number of piperazine rings is 1. The fourth-order valence-electron chi connectivity index (χ4n) is 3.09. The highest BCUT2D eigenvalue weighted by Crippen LogP contribution is 2.22. The van der Waals surface area contributed by atoms with Gasteiger partial charge in [-0.25, -0.2) is 9.98 Å². The van der Waals surface area contributed by atoms with Crippen LogP contribution >= 0.6 is 0 Å². The van der Waals surface area contributed by atoms with Gasteiger partial charge in [0, 0.05) is 32.4 Å². The number of ether oxygens (including phenoxy) is 1. The van der Waals surface area contributed by atoms with Gasteiger partial charge in [-0.1, -0.05) is 25.1 Å². The monoisotopic (exact) mass is 368 g/mol. The minimum Gasteiger partial charge on any atom is -0.495 e. The Morgan fingerprint density at radius 2 is 1.96 bits per heavy atom. The van der Waals surface area contributed by atoms with E-state index in [0.29, 0.717) is 12.5 Å². The zero-order valence-electron chi connectivity index (χ0n) is 16.1. The Morgan fingerprint density at radius 3 is 2.63 bits per heavy atom. The van der Waals surface area contributed by atoms with Gasteiger partial charge in [0.1, 0.15) is 11.6 Å². The topological polar surface area (TPSA) is 79.0 Å². The van der Waals surface area contributed by atoms with Crippen molar-refractivity contribution in [2.45, 2.75) is 13.5 Å². The number of benzene rings is 1. The minimum atomic E-state index is 0.347. The summed E-state index contributed by atoms with van der Waals surface area (Å²) >= 11 is 0. The summed E-state index contributed by atoms with van der Waals surface area (Å²) < 4.78 is 5.30. The van der Waals surface area contributed by atoms with E-state index in [2.05, 4.69) is 44.1 Å². The van der Waals surface area contributed by atoms with Crippen LogP contribution in [0.25, 0.3) is 0 Å². The molecule has 3 rings (SSSR count). The molecule has 2 heterocycles. The van der Waals surface area contributed by atoms with Crippen molar-refractivity contribution in [1.82, 2.24) is 9.88 Å². The largest absolute Gasteiger partial charge is 0.495 e. The third-order valence-electron chi connectivity index (χ3n) is 4.75. The molecule has 7 heteroatoms. The van der Waals surface area contributed by atoms with Crippen LogP contribution < -0.4 is 20.7 Å². The van der Waals surface area contributed by atoms with Crippen molar-refractivity contribution in [2.75, 3.05) is 50.1 Å². The summed E-state index contributed by atoms with van der Waals surface area (Å²) in [5, 5.41) is 3.07. The number of pyridine rings is 1. The molecule has 1 aliphatic rings. The van der Waals surface area contributed by atoms with Crippen LogP contribution in [-0.4, -0.2) is 55.7 Å². The number of likely N-dealkylation sites (N-methyl/N-ethyl adjacent to an activating group) is 1. The Labute approximate surface area is 160 Å². The average Bonchev–Trinajstić information content (AvgIpc) is 2.73. The summed E-state index contributed by atoms with van der Waals surface area (Å²) in [5.74, 6) is 2.10. The van der Waals surface area contributed by atoms with Crippen molar-refractivity contribution in [1.29, 1.82) is 0 Å². The smallest absolute Gasteiger partial charge is 0.193 e. The zero-order valence-corrected chi connectivity index (χ0v) is 16.1.